The molecular formula is C12H11BrN4S. The van der Waals surface area contributed by atoms with Crippen LogP contribution in [-0.2, 0) is 6.54 Å². The van der Waals surface area contributed by atoms with Gasteiger partial charge < -0.3 is 5.73 Å². The van der Waals surface area contributed by atoms with Crippen LogP contribution in [0.15, 0.2) is 33.8 Å². The number of rotatable bonds is 3. The van der Waals surface area contributed by atoms with Gasteiger partial charge in [0.15, 0.2) is 0 Å². The highest BCUT2D eigenvalue weighted by Crippen LogP contribution is 2.25. The Labute approximate surface area is 118 Å². The maximum Gasteiger partial charge on any atom is 0.141 e. The second kappa shape index (κ2) is 5.46. The summed E-state index contributed by atoms with van der Waals surface area (Å²) in [6.45, 7) is 0.544. The second-order valence-electron chi connectivity index (χ2n) is 3.63. The third kappa shape index (κ3) is 2.37. The highest BCUT2D eigenvalue weighted by atomic mass is 79.9. The van der Waals surface area contributed by atoms with Gasteiger partial charge in [0, 0.05) is 4.47 Å². The summed E-state index contributed by atoms with van der Waals surface area (Å²) in [6, 6.07) is 9.97. The van der Waals surface area contributed by atoms with Crippen molar-refractivity contribution in [3.8, 4) is 6.07 Å². The van der Waals surface area contributed by atoms with Gasteiger partial charge in [0.1, 0.15) is 22.5 Å². The number of hydrogen-bond acceptors (Lipinski definition) is 4. The van der Waals surface area contributed by atoms with Crippen LogP contribution in [0.25, 0.3) is 0 Å². The average molecular weight is 323 g/mol. The van der Waals surface area contributed by atoms with Crippen LogP contribution in [0.5, 0.6) is 0 Å². The average Bonchev–Trinajstić information content (AvgIpc) is 2.68. The maximum atomic E-state index is 9.06. The fourth-order valence-corrected chi connectivity index (χ4v) is 2.55. The van der Waals surface area contributed by atoms with Crippen LogP contribution in [0.1, 0.15) is 11.1 Å². The molecule has 0 saturated carbocycles. The summed E-state index contributed by atoms with van der Waals surface area (Å²) in [7, 11) is 0. The van der Waals surface area contributed by atoms with Crippen molar-refractivity contribution in [2.24, 2.45) is 0 Å². The van der Waals surface area contributed by atoms with E-state index in [0.717, 1.165) is 10.0 Å². The predicted molar refractivity (Wildman–Crippen MR) is 76.4 cm³/mol. The van der Waals surface area contributed by atoms with E-state index in [-0.39, 0.29) is 0 Å². The van der Waals surface area contributed by atoms with Gasteiger partial charge in [0.2, 0.25) is 0 Å². The standard InChI is InChI=1S/C12H11BrN4S/c1-18-12-9(6-14)11(15)17(16-12)7-8-4-2-3-5-10(8)13/h2-5H,7,15H2,1H3. The molecule has 0 aliphatic carbocycles. The third-order valence-corrected chi connectivity index (χ3v) is 3.99. The normalized spacial score (nSPS) is 10.3. The Morgan fingerprint density at radius 2 is 2.22 bits per heavy atom. The van der Waals surface area contributed by atoms with Crippen molar-refractivity contribution in [1.29, 1.82) is 5.26 Å². The van der Waals surface area contributed by atoms with Crippen LogP contribution >= 0.6 is 27.7 Å². The molecule has 1 aromatic heterocycles. The van der Waals surface area contributed by atoms with Crippen LogP contribution in [-0.4, -0.2) is 16.0 Å². The molecule has 92 valence electrons. The van der Waals surface area contributed by atoms with Crippen molar-refractivity contribution in [3.05, 3.63) is 39.9 Å². The summed E-state index contributed by atoms with van der Waals surface area (Å²) in [5.41, 5.74) is 7.46. The van der Waals surface area contributed by atoms with E-state index < -0.39 is 0 Å². The summed E-state index contributed by atoms with van der Waals surface area (Å²) in [5.74, 6) is 0.414. The number of aromatic nitrogens is 2. The van der Waals surface area contributed by atoms with Crippen molar-refractivity contribution in [2.45, 2.75) is 11.6 Å². The first-order chi connectivity index (χ1) is 8.67. The number of nitrogens with two attached hydrogens (primary N) is 1. The van der Waals surface area contributed by atoms with E-state index in [9.17, 15) is 0 Å². The monoisotopic (exact) mass is 322 g/mol. The molecule has 0 aliphatic heterocycles. The SMILES string of the molecule is CSc1nn(Cc2ccccc2Br)c(N)c1C#N. The molecule has 0 amide bonds. The third-order valence-electron chi connectivity index (χ3n) is 2.54. The van der Waals surface area contributed by atoms with Crippen molar-refractivity contribution >= 4 is 33.5 Å². The fourth-order valence-electron chi connectivity index (χ4n) is 1.61. The lowest BCUT2D eigenvalue weighted by atomic mass is 10.2. The van der Waals surface area contributed by atoms with Gasteiger partial charge in [-0.05, 0) is 17.9 Å². The molecule has 1 heterocycles. The Balaban J connectivity index is 2.39. The lowest BCUT2D eigenvalue weighted by Gasteiger charge is -2.06. The van der Waals surface area contributed by atoms with Gasteiger partial charge in [0.05, 0.1) is 6.54 Å². The maximum absolute atomic E-state index is 9.06. The Morgan fingerprint density at radius 1 is 1.50 bits per heavy atom. The molecule has 2 N–H and O–H groups in total. The highest BCUT2D eigenvalue weighted by Gasteiger charge is 2.15. The van der Waals surface area contributed by atoms with E-state index in [1.807, 2.05) is 30.5 Å². The fraction of sp³-hybridized carbons (Fsp3) is 0.167. The molecule has 2 rings (SSSR count). The number of nitrogen functional groups attached to an aromatic ring is 1. The molecule has 0 saturated heterocycles. The zero-order chi connectivity index (χ0) is 13.1. The Hall–Kier alpha value is -1.45. The lowest BCUT2D eigenvalue weighted by molar-refractivity contribution is 0.673. The number of anilines is 1. The van der Waals surface area contributed by atoms with E-state index in [1.165, 1.54) is 11.8 Å². The largest absolute Gasteiger partial charge is 0.383 e. The Bertz CT molecular complexity index is 615. The summed E-state index contributed by atoms with van der Waals surface area (Å²) in [6.07, 6.45) is 1.88. The van der Waals surface area contributed by atoms with E-state index in [4.69, 9.17) is 11.0 Å². The summed E-state index contributed by atoms with van der Waals surface area (Å²) in [5, 5.41) is 14.1. The zero-order valence-corrected chi connectivity index (χ0v) is 12.1. The highest BCUT2D eigenvalue weighted by molar-refractivity contribution is 9.10. The number of thioether (sulfide) groups is 1. The smallest absolute Gasteiger partial charge is 0.141 e. The first kappa shape index (κ1) is 13.0. The molecule has 0 radical (unpaired) electrons. The summed E-state index contributed by atoms with van der Waals surface area (Å²) < 4.78 is 2.66. The molecule has 0 aliphatic rings. The van der Waals surface area contributed by atoms with Gasteiger partial charge in [0.25, 0.3) is 0 Å². The van der Waals surface area contributed by atoms with E-state index >= 15 is 0 Å². The minimum Gasteiger partial charge on any atom is -0.383 e. The molecule has 4 nitrogen and oxygen atoms in total. The van der Waals surface area contributed by atoms with Crippen LogP contribution in [0.2, 0.25) is 0 Å². The van der Waals surface area contributed by atoms with Gasteiger partial charge in [-0.3, -0.25) is 0 Å². The topological polar surface area (TPSA) is 67.6 Å². The van der Waals surface area contributed by atoms with Gasteiger partial charge in [-0.1, -0.05) is 34.1 Å². The van der Waals surface area contributed by atoms with Gasteiger partial charge in [-0.25, -0.2) is 4.68 Å². The molecule has 0 atom stereocenters. The van der Waals surface area contributed by atoms with Crippen LogP contribution in [0.4, 0.5) is 5.82 Å². The first-order valence-electron chi connectivity index (χ1n) is 5.21. The molecule has 0 unspecified atom stereocenters. The van der Waals surface area contributed by atoms with E-state index in [0.29, 0.717) is 23.0 Å². The minimum atomic E-state index is 0.414. The second-order valence-corrected chi connectivity index (χ2v) is 5.28. The predicted octanol–water partition coefficient (Wildman–Crippen LogP) is 2.87. The minimum absolute atomic E-state index is 0.414. The first-order valence-corrected chi connectivity index (χ1v) is 7.23. The lowest BCUT2D eigenvalue weighted by Crippen LogP contribution is -2.06. The molecule has 6 heteroatoms. The van der Waals surface area contributed by atoms with Crippen LogP contribution in [0, 0.1) is 11.3 Å². The van der Waals surface area contributed by atoms with Gasteiger partial charge in [-0.15, -0.1) is 11.8 Å². The number of hydrogen-bond donors (Lipinski definition) is 1. The molecule has 1 aromatic carbocycles. The van der Waals surface area contributed by atoms with E-state index in [1.54, 1.807) is 4.68 Å². The van der Waals surface area contributed by atoms with Crippen LogP contribution < -0.4 is 5.73 Å². The molecular weight excluding hydrogens is 312 g/mol. The van der Waals surface area contributed by atoms with Crippen molar-refractivity contribution in [3.63, 3.8) is 0 Å². The summed E-state index contributed by atoms with van der Waals surface area (Å²) >= 11 is 4.91. The molecule has 0 bridgehead atoms. The van der Waals surface area contributed by atoms with Crippen molar-refractivity contribution in [2.75, 3.05) is 12.0 Å². The molecule has 18 heavy (non-hydrogen) atoms. The number of nitriles is 1. The number of nitrogens with zero attached hydrogens (tertiary/aromatic N) is 3. The molecule has 2 aromatic rings. The molecule has 0 spiro atoms. The van der Waals surface area contributed by atoms with Crippen molar-refractivity contribution in [1.82, 2.24) is 9.78 Å². The number of halogens is 1. The van der Waals surface area contributed by atoms with Crippen molar-refractivity contribution < 1.29 is 0 Å². The van der Waals surface area contributed by atoms with Gasteiger partial charge in [-0.2, -0.15) is 10.4 Å². The van der Waals surface area contributed by atoms with Gasteiger partial charge >= 0.3 is 0 Å². The Kier molecular flexibility index (Phi) is 3.94. The Morgan fingerprint density at radius 3 is 2.78 bits per heavy atom. The summed E-state index contributed by atoms with van der Waals surface area (Å²) in [4.78, 5) is 0. The van der Waals surface area contributed by atoms with Crippen LogP contribution in [0.3, 0.4) is 0 Å². The molecule has 0 fully saturated rings. The number of benzene rings is 1. The zero-order valence-electron chi connectivity index (χ0n) is 9.72. The van der Waals surface area contributed by atoms with E-state index in [2.05, 4.69) is 27.1 Å². The quantitative estimate of drug-likeness (QED) is 0.882.